The van der Waals surface area contributed by atoms with Gasteiger partial charge in [-0.25, -0.2) is 4.57 Å². The molecule has 1 nitrogen and oxygen atoms in total. The topological polar surface area (TPSA) is 3.88 Å². The first-order valence-corrected chi connectivity index (χ1v) is 19.8. The van der Waals surface area contributed by atoms with E-state index in [9.17, 15) is 0 Å². The second-order valence-corrected chi connectivity index (χ2v) is 13.8. The fourth-order valence-electron chi connectivity index (χ4n) is 6.61. The van der Waals surface area contributed by atoms with Crippen molar-refractivity contribution in [2.75, 3.05) is 0 Å². The summed E-state index contributed by atoms with van der Waals surface area (Å²) < 4.78 is 2.53. The van der Waals surface area contributed by atoms with E-state index in [1.165, 1.54) is 212 Å². The van der Waals surface area contributed by atoms with Crippen LogP contribution in [0.25, 0.3) is 0 Å². The van der Waals surface area contributed by atoms with E-state index in [1.807, 2.05) is 0 Å². The first-order valence-electron chi connectivity index (χ1n) is 19.8. The lowest BCUT2D eigenvalue weighted by Crippen LogP contribution is -2.34. The minimum Gasteiger partial charge on any atom is -0.205 e. The fourth-order valence-corrected chi connectivity index (χ4v) is 6.61. The van der Waals surface area contributed by atoms with Crippen molar-refractivity contribution >= 4 is 0 Å². The number of pyridine rings is 1. The van der Waals surface area contributed by atoms with E-state index in [0.717, 1.165) is 0 Å². The highest BCUT2D eigenvalue weighted by Crippen LogP contribution is 2.18. The summed E-state index contributed by atoms with van der Waals surface area (Å²) in [6.07, 6.45) is 50.3. The predicted octanol–water partition coefficient (Wildman–Crippen LogP) is 13.8. The van der Waals surface area contributed by atoms with Crippen LogP contribution in [-0.2, 0) is 19.4 Å². The number of nitrogens with zero attached hydrogens (tertiary/aromatic N) is 1. The normalized spacial score (nSPS) is 11.5. The SMILES string of the molecule is CCCCCCCCCCCCc1cc[n+](CCCCCCCCCCCC)cc1CCCCCCCCCCCC. The summed E-state index contributed by atoms with van der Waals surface area (Å²) in [5.41, 5.74) is 3.32. The first kappa shape index (κ1) is 39.2. The largest absolute Gasteiger partial charge is 0.205 e. The Morgan fingerprint density at radius 3 is 1.05 bits per heavy atom. The number of unbranched alkanes of at least 4 members (excludes halogenated alkanes) is 27. The molecule has 0 unspecified atom stereocenters. The van der Waals surface area contributed by atoms with Crippen molar-refractivity contribution < 1.29 is 4.57 Å². The van der Waals surface area contributed by atoms with Crippen LogP contribution < -0.4 is 4.57 Å². The number of aromatic nitrogens is 1. The van der Waals surface area contributed by atoms with Gasteiger partial charge in [-0.3, -0.25) is 0 Å². The van der Waals surface area contributed by atoms with E-state index in [1.54, 1.807) is 11.1 Å². The van der Waals surface area contributed by atoms with Crippen LogP contribution in [0.4, 0.5) is 0 Å². The van der Waals surface area contributed by atoms with E-state index < -0.39 is 0 Å². The number of hydrogen-bond acceptors (Lipinski definition) is 0. The Morgan fingerprint density at radius 1 is 0.357 bits per heavy atom. The number of hydrogen-bond donors (Lipinski definition) is 0. The zero-order valence-corrected chi connectivity index (χ0v) is 29.5. The van der Waals surface area contributed by atoms with Gasteiger partial charge in [-0.15, -0.1) is 0 Å². The summed E-state index contributed by atoms with van der Waals surface area (Å²) in [5.74, 6) is 0. The molecule has 0 aliphatic carbocycles. The van der Waals surface area contributed by atoms with Crippen LogP contribution in [0.1, 0.15) is 225 Å². The molecule has 0 saturated carbocycles. The van der Waals surface area contributed by atoms with E-state index >= 15 is 0 Å². The lowest BCUT2D eigenvalue weighted by molar-refractivity contribution is -0.697. The molecule has 0 aliphatic rings. The molecule has 246 valence electrons. The maximum absolute atomic E-state index is 2.55. The zero-order chi connectivity index (χ0) is 30.2. The summed E-state index contributed by atoms with van der Waals surface area (Å²) >= 11 is 0. The van der Waals surface area contributed by atoms with Crippen molar-refractivity contribution in [3.05, 3.63) is 29.6 Å². The minimum absolute atomic E-state index is 1.21. The second kappa shape index (κ2) is 31.6. The van der Waals surface area contributed by atoms with Crippen molar-refractivity contribution in [3.8, 4) is 0 Å². The molecule has 0 saturated heterocycles. The summed E-state index contributed by atoms with van der Waals surface area (Å²) in [5, 5.41) is 0. The van der Waals surface area contributed by atoms with Gasteiger partial charge in [-0.1, -0.05) is 188 Å². The molecule has 0 fully saturated rings. The van der Waals surface area contributed by atoms with Crippen LogP contribution in [0.2, 0.25) is 0 Å². The summed E-state index contributed by atoms with van der Waals surface area (Å²) in [4.78, 5) is 0. The second-order valence-electron chi connectivity index (χ2n) is 13.8. The molecule has 0 aromatic carbocycles. The molecule has 0 radical (unpaired) electrons. The van der Waals surface area contributed by atoms with Gasteiger partial charge in [0.1, 0.15) is 6.54 Å². The molecule has 1 aromatic heterocycles. The lowest BCUT2D eigenvalue weighted by atomic mass is 9.97. The molecule has 42 heavy (non-hydrogen) atoms. The highest BCUT2D eigenvalue weighted by Gasteiger charge is 2.10. The third-order valence-electron chi connectivity index (χ3n) is 9.57. The zero-order valence-electron chi connectivity index (χ0n) is 29.5. The third-order valence-corrected chi connectivity index (χ3v) is 9.57. The van der Waals surface area contributed by atoms with Crippen molar-refractivity contribution in [1.29, 1.82) is 0 Å². The Balaban J connectivity index is 2.35. The van der Waals surface area contributed by atoms with Crippen LogP contribution in [-0.4, -0.2) is 0 Å². The highest BCUT2D eigenvalue weighted by atomic mass is 14.9. The molecule has 0 atom stereocenters. The van der Waals surface area contributed by atoms with Crippen LogP contribution >= 0.6 is 0 Å². The molecule has 0 N–H and O–H groups in total. The van der Waals surface area contributed by atoms with E-state index in [4.69, 9.17) is 0 Å². The summed E-state index contributed by atoms with van der Waals surface area (Å²) in [6, 6.07) is 2.50. The van der Waals surface area contributed by atoms with E-state index in [0.29, 0.717) is 0 Å². The Bertz CT molecular complexity index is 665. The van der Waals surface area contributed by atoms with Gasteiger partial charge in [0.2, 0.25) is 0 Å². The number of rotatable bonds is 33. The third kappa shape index (κ3) is 24.6. The maximum atomic E-state index is 2.55. The molecule has 0 amide bonds. The fraction of sp³-hybridized carbons (Fsp3) is 0.878. The average molecular weight is 585 g/mol. The molecule has 1 heteroatoms. The molecular formula is C41H78N+. The monoisotopic (exact) mass is 585 g/mol. The molecule has 1 aromatic rings. The predicted molar refractivity (Wildman–Crippen MR) is 190 cm³/mol. The van der Waals surface area contributed by atoms with Gasteiger partial charge >= 0.3 is 0 Å². The standard InChI is InChI=1S/C41H78N/c1-4-7-10-13-16-19-22-25-28-31-34-40-36-38-42(37-33-30-27-24-21-18-15-12-9-6-3)39-41(40)35-32-29-26-23-20-17-14-11-8-5-2/h36,38-39H,4-35,37H2,1-3H3/q+1. The minimum atomic E-state index is 1.21. The van der Waals surface area contributed by atoms with Gasteiger partial charge in [-0.05, 0) is 37.7 Å². The Labute approximate surface area is 266 Å². The summed E-state index contributed by atoms with van der Waals surface area (Å²) in [7, 11) is 0. The Hall–Kier alpha value is -0.850. The number of aryl methyl sites for hydroxylation is 3. The average Bonchev–Trinajstić information content (AvgIpc) is 3.00. The Kier molecular flexibility index (Phi) is 29.4. The van der Waals surface area contributed by atoms with Crippen molar-refractivity contribution in [3.63, 3.8) is 0 Å². The summed E-state index contributed by atoms with van der Waals surface area (Å²) in [6.45, 7) is 8.15. The van der Waals surface area contributed by atoms with Gasteiger partial charge in [-0.2, -0.15) is 0 Å². The molecule has 0 aliphatic heterocycles. The van der Waals surface area contributed by atoms with Crippen molar-refractivity contribution in [1.82, 2.24) is 0 Å². The molecule has 1 heterocycles. The molecule has 1 rings (SSSR count). The maximum Gasteiger partial charge on any atom is 0.172 e. The van der Waals surface area contributed by atoms with E-state index in [2.05, 4.69) is 43.8 Å². The smallest absolute Gasteiger partial charge is 0.172 e. The van der Waals surface area contributed by atoms with Gasteiger partial charge in [0.05, 0.1) is 0 Å². The quantitative estimate of drug-likeness (QED) is 0.0571. The molecule has 0 spiro atoms. The van der Waals surface area contributed by atoms with Crippen LogP contribution in [0.15, 0.2) is 18.5 Å². The highest BCUT2D eigenvalue weighted by molar-refractivity contribution is 5.21. The van der Waals surface area contributed by atoms with Crippen molar-refractivity contribution in [2.45, 2.75) is 233 Å². The van der Waals surface area contributed by atoms with Gasteiger partial charge < -0.3 is 0 Å². The molecule has 0 bridgehead atoms. The van der Waals surface area contributed by atoms with Crippen LogP contribution in [0.3, 0.4) is 0 Å². The lowest BCUT2D eigenvalue weighted by Gasteiger charge is -2.10. The van der Waals surface area contributed by atoms with Gasteiger partial charge in [0, 0.05) is 18.1 Å². The van der Waals surface area contributed by atoms with Gasteiger partial charge in [0.25, 0.3) is 0 Å². The van der Waals surface area contributed by atoms with E-state index in [-0.39, 0.29) is 0 Å². The van der Waals surface area contributed by atoms with Crippen LogP contribution in [0.5, 0.6) is 0 Å². The van der Waals surface area contributed by atoms with Crippen molar-refractivity contribution in [2.24, 2.45) is 0 Å². The molecular weight excluding hydrogens is 506 g/mol. The van der Waals surface area contributed by atoms with Gasteiger partial charge in [0.15, 0.2) is 12.4 Å². The Morgan fingerprint density at radius 2 is 0.667 bits per heavy atom. The first-order chi connectivity index (χ1) is 20.8. The van der Waals surface area contributed by atoms with Crippen LogP contribution in [0, 0.1) is 0 Å².